The van der Waals surface area contributed by atoms with Crippen LogP contribution in [0.25, 0.3) is 0 Å². The highest BCUT2D eigenvalue weighted by atomic mass is 16.5. The van der Waals surface area contributed by atoms with E-state index in [-0.39, 0.29) is 24.5 Å². The van der Waals surface area contributed by atoms with E-state index in [1.165, 1.54) is 90.6 Å². The molecule has 2 aromatic carbocycles. The van der Waals surface area contributed by atoms with Crippen molar-refractivity contribution >= 4 is 46.8 Å². The van der Waals surface area contributed by atoms with Crippen molar-refractivity contribution in [2.45, 2.75) is 13.1 Å². The molecule has 0 aliphatic heterocycles. The summed E-state index contributed by atoms with van der Waals surface area (Å²) < 4.78 is 11.9. The molecular weight excluding hydrogens is 488 g/mol. The smallest absolute Gasteiger partial charge is 0.411 e. The highest BCUT2D eigenvalue weighted by molar-refractivity contribution is 5.92. The van der Waals surface area contributed by atoms with Crippen LogP contribution in [-0.4, -0.2) is 53.2 Å². The molecule has 0 saturated carbocycles. The Kier molecular flexibility index (Phi) is 8.75. The predicted molar refractivity (Wildman–Crippen MR) is 128 cm³/mol. The fourth-order valence-electron chi connectivity index (χ4n) is 3.07. The monoisotopic (exact) mass is 513 g/mol. The fourth-order valence-corrected chi connectivity index (χ4v) is 3.07. The molecular formula is C23H25N6O8+. The number of rotatable bonds is 8. The molecule has 0 saturated heterocycles. The molecule has 0 bridgehead atoms. The lowest BCUT2D eigenvalue weighted by Gasteiger charge is -2.14. The van der Waals surface area contributed by atoms with E-state index in [0.29, 0.717) is 21.5 Å². The Hall–Kier alpha value is -4.95. The molecule has 4 amide bonds. The Balaban J connectivity index is 1.54. The van der Waals surface area contributed by atoms with Crippen LogP contribution in [0, 0.1) is 0 Å². The number of benzene rings is 2. The lowest BCUT2D eigenvalue weighted by molar-refractivity contribution is -0.683. The maximum Gasteiger partial charge on any atom is 0.411 e. The first-order chi connectivity index (χ1) is 17.7. The second-order valence-corrected chi connectivity index (χ2v) is 7.50. The minimum absolute atomic E-state index is 0.180. The third-order valence-electron chi connectivity index (χ3n) is 4.94. The summed E-state index contributed by atoms with van der Waals surface area (Å²) in [7, 11) is 2.45. The highest BCUT2D eigenvalue weighted by Gasteiger charge is 2.20. The van der Waals surface area contributed by atoms with Crippen LogP contribution >= 0.6 is 0 Å². The average Bonchev–Trinajstić information content (AvgIpc) is 3.34. The number of hydrogen-bond donors (Lipinski definition) is 4. The average molecular weight is 513 g/mol. The van der Waals surface area contributed by atoms with Gasteiger partial charge in [-0.1, -0.05) is 0 Å². The van der Waals surface area contributed by atoms with Gasteiger partial charge in [0.05, 0.1) is 25.6 Å². The summed E-state index contributed by atoms with van der Waals surface area (Å²) in [5.74, 6) is -1.32. The number of aromatic nitrogens is 2. The van der Waals surface area contributed by atoms with Crippen LogP contribution in [0.1, 0.15) is 0 Å². The van der Waals surface area contributed by atoms with Gasteiger partial charge in [-0.3, -0.25) is 30.6 Å². The Morgan fingerprint density at radius 3 is 1.73 bits per heavy atom. The van der Waals surface area contributed by atoms with E-state index >= 15 is 0 Å². The van der Waals surface area contributed by atoms with Crippen molar-refractivity contribution in [2.75, 3.05) is 35.0 Å². The zero-order valence-electron chi connectivity index (χ0n) is 19.9. The number of hydroxylamine groups is 2. The summed E-state index contributed by atoms with van der Waals surface area (Å²) in [4.78, 5) is 47.4. The minimum atomic E-state index is -0.660. The molecule has 0 fully saturated rings. The van der Waals surface area contributed by atoms with Gasteiger partial charge in [-0.25, -0.2) is 18.7 Å². The van der Waals surface area contributed by atoms with Crippen LogP contribution in [-0.2, 0) is 32.2 Å². The van der Waals surface area contributed by atoms with Crippen LogP contribution in [0.15, 0.2) is 67.3 Å². The van der Waals surface area contributed by atoms with Gasteiger partial charge in [0.25, 0.3) is 11.8 Å². The topological polar surface area (TPSA) is 167 Å². The van der Waals surface area contributed by atoms with E-state index in [4.69, 9.17) is 0 Å². The zero-order chi connectivity index (χ0) is 26.9. The maximum atomic E-state index is 12.5. The maximum absolute atomic E-state index is 12.5. The van der Waals surface area contributed by atoms with Crippen molar-refractivity contribution in [2.24, 2.45) is 0 Å². The molecule has 14 heteroatoms. The van der Waals surface area contributed by atoms with Crippen molar-refractivity contribution in [3.63, 3.8) is 0 Å². The van der Waals surface area contributed by atoms with Crippen molar-refractivity contribution < 1.29 is 43.6 Å². The number of carbonyl (C=O) groups excluding carboxylic acids is 4. The summed E-state index contributed by atoms with van der Waals surface area (Å²) in [6.45, 7) is -0.477. The normalized spacial score (nSPS) is 10.3. The molecule has 37 heavy (non-hydrogen) atoms. The summed E-state index contributed by atoms with van der Waals surface area (Å²) >= 11 is 0. The molecule has 3 rings (SSSR count). The Labute approximate surface area is 210 Å². The number of carbonyl (C=O) groups is 4. The van der Waals surface area contributed by atoms with Gasteiger partial charge in [-0.15, -0.1) is 0 Å². The van der Waals surface area contributed by atoms with Gasteiger partial charge < -0.3 is 9.47 Å². The minimum Gasteiger partial charge on any atom is -0.453 e. The van der Waals surface area contributed by atoms with Crippen molar-refractivity contribution in [3.8, 4) is 0 Å². The molecule has 0 unspecified atom stereocenters. The second-order valence-electron chi connectivity index (χ2n) is 7.50. The van der Waals surface area contributed by atoms with Crippen molar-refractivity contribution in [1.29, 1.82) is 0 Å². The highest BCUT2D eigenvalue weighted by Crippen LogP contribution is 2.18. The third kappa shape index (κ3) is 7.27. The first-order valence-corrected chi connectivity index (χ1v) is 10.7. The first-order valence-electron chi connectivity index (χ1n) is 10.7. The number of anilines is 4. The van der Waals surface area contributed by atoms with Crippen molar-refractivity contribution in [1.82, 2.24) is 4.57 Å². The zero-order valence-corrected chi connectivity index (χ0v) is 19.9. The molecule has 0 aliphatic rings. The Morgan fingerprint density at radius 1 is 0.811 bits per heavy atom. The number of ether oxygens (including phenoxy) is 2. The molecule has 3 aromatic rings. The standard InChI is InChI=1S/C23H24N6O8/c1-36-22(32)24-16-3-7-18(8-4-16)28(34)20(30)13-26-11-12-27(15-26)14-21(31)29(35)19-9-5-17(6-10-19)25-23(33)37-2/h3-12,15,34-35H,13-14H2,1-2H3,(H-,24,25,32,33)/p+1. The molecule has 194 valence electrons. The van der Waals surface area contributed by atoms with Gasteiger partial charge in [0.1, 0.15) is 12.4 Å². The van der Waals surface area contributed by atoms with Gasteiger partial charge in [-0.05, 0) is 48.5 Å². The number of hydrogen-bond acceptors (Lipinski definition) is 8. The number of methoxy groups -OCH3 is 2. The number of amides is 4. The van der Waals surface area contributed by atoms with Crippen LogP contribution < -0.4 is 25.3 Å². The van der Waals surface area contributed by atoms with E-state index < -0.39 is 24.0 Å². The third-order valence-corrected chi connectivity index (χ3v) is 4.94. The van der Waals surface area contributed by atoms with Gasteiger partial charge in [-0.2, -0.15) is 10.1 Å². The summed E-state index contributed by atoms with van der Waals surface area (Å²) in [5.41, 5.74) is 1.19. The summed E-state index contributed by atoms with van der Waals surface area (Å²) in [6.07, 6.45) is 3.21. The lowest BCUT2D eigenvalue weighted by Crippen LogP contribution is -2.42. The molecule has 0 spiro atoms. The summed E-state index contributed by atoms with van der Waals surface area (Å²) in [5, 5.41) is 26.3. The van der Waals surface area contributed by atoms with Gasteiger partial charge in [0, 0.05) is 11.4 Å². The number of nitrogens with one attached hydrogen (secondary N) is 2. The molecule has 1 aromatic heterocycles. The van der Waals surface area contributed by atoms with Crippen LogP contribution in [0.3, 0.4) is 0 Å². The van der Waals surface area contributed by atoms with Crippen LogP contribution in [0.5, 0.6) is 0 Å². The first kappa shape index (κ1) is 26.7. The van der Waals surface area contributed by atoms with E-state index in [1.807, 2.05) is 0 Å². The quantitative estimate of drug-likeness (QED) is 0.202. The van der Waals surface area contributed by atoms with Gasteiger partial charge >= 0.3 is 12.2 Å². The van der Waals surface area contributed by atoms with Crippen molar-refractivity contribution in [3.05, 3.63) is 67.3 Å². The largest absolute Gasteiger partial charge is 0.453 e. The van der Waals surface area contributed by atoms with Gasteiger partial charge in [0.2, 0.25) is 6.33 Å². The second kappa shape index (κ2) is 12.1. The molecule has 0 radical (unpaired) electrons. The Morgan fingerprint density at radius 2 is 1.27 bits per heavy atom. The van der Waals surface area contributed by atoms with E-state index in [0.717, 1.165) is 0 Å². The molecule has 4 N–H and O–H groups in total. The molecule has 14 nitrogen and oxygen atoms in total. The lowest BCUT2D eigenvalue weighted by atomic mass is 10.2. The number of imidazole rings is 1. The number of nitrogens with zero attached hydrogens (tertiary/aromatic N) is 4. The Bertz CT molecular complexity index is 1160. The predicted octanol–water partition coefficient (Wildman–Crippen LogP) is 1.98. The van der Waals surface area contributed by atoms with Gasteiger partial charge in [0.15, 0.2) is 13.1 Å². The molecule has 0 aliphatic carbocycles. The van der Waals surface area contributed by atoms with E-state index in [2.05, 4.69) is 20.1 Å². The summed E-state index contributed by atoms with van der Waals surface area (Å²) in [6, 6.07) is 11.7. The SMILES string of the molecule is COC(=O)Nc1ccc(N(O)C(=O)Cn2cc[n+](CC(=O)N(O)c3ccc(NC(=O)OC)cc3)c2)cc1. The van der Waals surface area contributed by atoms with Crippen LogP contribution in [0.2, 0.25) is 0 Å². The van der Waals surface area contributed by atoms with E-state index in [1.54, 1.807) is 0 Å². The van der Waals surface area contributed by atoms with Crippen LogP contribution in [0.4, 0.5) is 32.3 Å². The molecule has 1 heterocycles. The fraction of sp³-hybridized carbons (Fsp3) is 0.174. The molecule has 0 atom stereocenters. The van der Waals surface area contributed by atoms with E-state index in [9.17, 15) is 29.6 Å².